The van der Waals surface area contributed by atoms with Gasteiger partial charge in [0.05, 0.1) is 0 Å². The van der Waals surface area contributed by atoms with Crippen LogP contribution >= 0.6 is 0 Å². The van der Waals surface area contributed by atoms with Gasteiger partial charge in [-0.1, -0.05) is 55.0 Å². The van der Waals surface area contributed by atoms with E-state index in [4.69, 9.17) is 9.84 Å². The highest BCUT2D eigenvalue weighted by molar-refractivity contribution is 5.82. The Hall–Kier alpha value is -3.35. The largest absolute Gasteiger partial charge is 0.480 e. The highest BCUT2D eigenvalue weighted by Gasteiger charge is 2.29. The van der Waals surface area contributed by atoms with Crippen LogP contribution in [0.25, 0.3) is 11.1 Å². The average Bonchev–Trinajstić information content (AvgIpc) is 3.11. The molecule has 0 aliphatic heterocycles. The summed E-state index contributed by atoms with van der Waals surface area (Å²) in [6.45, 7) is 5.92. The summed E-state index contributed by atoms with van der Waals surface area (Å²) in [7, 11) is 0. The first-order valence-electron chi connectivity index (χ1n) is 11.8. The fourth-order valence-corrected chi connectivity index (χ4v) is 4.39. The Morgan fingerprint density at radius 1 is 0.941 bits per heavy atom. The van der Waals surface area contributed by atoms with E-state index >= 15 is 0 Å². The molecule has 1 aliphatic carbocycles. The van der Waals surface area contributed by atoms with Gasteiger partial charge in [-0.3, -0.25) is 9.59 Å². The fourth-order valence-electron chi connectivity index (χ4n) is 4.39. The number of carboxylic acids is 1. The minimum absolute atomic E-state index is 0.0285. The fraction of sp³-hybridized carbons (Fsp3) is 0.444. The van der Waals surface area contributed by atoms with Crippen molar-refractivity contribution in [3.05, 3.63) is 59.7 Å². The van der Waals surface area contributed by atoms with E-state index in [2.05, 4.69) is 29.6 Å². The smallest absolute Gasteiger partial charge is 0.407 e. The summed E-state index contributed by atoms with van der Waals surface area (Å²) in [5, 5.41) is 11.8. The van der Waals surface area contributed by atoms with Crippen LogP contribution in [0.4, 0.5) is 4.79 Å². The molecule has 2 aromatic carbocycles. The second-order valence-electron chi connectivity index (χ2n) is 9.61. The van der Waals surface area contributed by atoms with Crippen LogP contribution in [0.3, 0.4) is 0 Å². The molecule has 0 aromatic heterocycles. The Labute approximate surface area is 201 Å². The zero-order valence-corrected chi connectivity index (χ0v) is 20.2. The van der Waals surface area contributed by atoms with Crippen LogP contribution in [-0.4, -0.2) is 53.2 Å². The van der Waals surface area contributed by atoms with Crippen molar-refractivity contribution in [1.29, 1.82) is 0 Å². The Morgan fingerprint density at radius 3 is 2.09 bits per heavy atom. The van der Waals surface area contributed by atoms with Crippen molar-refractivity contribution in [2.24, 2.45) is 0 Å². The van der Waals surface area contributed by atoms with Gasteiger partial charge < -0.3 is 20.1 Å². The van der Waals surface area contributed by atoms with Crippen LogP contribution < -0.4 is 5.32 Å². The van der Waals surface area contributed by atoms with E-state index in [1.165, 1.54) is 27.2 Å². The van der Waals surface area contributed by atoms with Gasteiger partial charge in [-0.25, -0.2) is 4.79 Å². The molecule has 34 heavy (non-hydrogen) atoms. The van der Waals surface area contributed by atoms with Crippen molar-refractivity contribution in [2.45, 2.75) is 57.9 Å². The van der Waals surface area contributed by atoms with Crippen molar-refractivity contribution < 1.29 is 24.2 Å². The van der Waals surface area contributed by atoms with E-state index in [0.29, 0.717) is 19.4 Å². The van der Waals surface area contributed by atoms with Gasteiger partial charge in [-0.2, -0.15) is 0 Å². The third-order valence-electron chi connectivity index (χ3n) is 6.08. The zero-order valence-electron chi connectivity index (χ0n) is 20.2. The summed E-state index contributed by atoms with van der Waals surface area (Å²) in [5.74, 6) is -1.16. The summed E-state index contributed by atoms with van der Waals surface area (Å²) in [5.41, 5.74) is 4.19. The Bertz CT molecular complexity index is 982. The number of unbranched alkanes of at least 4 members (excludes halogenated alkanes) is 2. The molecule has 2 amide bonds. The molecule has 0 saturated heterocycles. The first-order chi connectivity index (χ1) is 16.2. The molecule has 0 radical (unpaired) electrons. The van der Waals surface area contributed by atoms with Gasteiger partial charge in [-0.05, 0) is 55.9 Å². The van der Waals surface area contributed by atoms with Gasteiger partial charge in [0.15, 0.2) is 0 Å². The number of nitrogens with one attached hydrogen (secondary N) is 1. The highest BCUT2D eigenvalue weighted by Crippen LogP contribution is 2.44. The van der Waals surface area contributed by atoms with E-state index in [9.17, 15) is 14.4 Å². The lowest BCUT2D eigenvalue weighted by Gasteiger charge is -2.34. The zero-order chi connectivity index (χ0) is 24.7. The van der Waals surface area contributed by atoms with Gasteiger partial charge in [0.2, 0.25) is 5.91 Å². The van der Waals surface area contributed by atoms with Crippen molar-refractivity contribution in [1.82, 2.24) is 10.2 Å². The Kier molecular flexibility index (Phi) is 8.31. The summed E-state index contributed by atoms with van der Waals surface area (Å²) in [6, 6.07) is 16.4. The van der Waals surface area contributed by atoms with Crippen LogP contribution in [0, 0.1) is 0 Å². The molecule has 7 nitrogen and oxygen atoms in total. The van der Waals surface area contributed by atoms with Crippen molar-refractivity contribution in [3.63, 3.8) is 0 Å². The maximum Gasteiger partial charge on any atom is 0.407 e. The van der Waals surface area contributed by atoms with Gasteiger partial charge in [0, 0.05) is 24.4 Å². The van der Waals surface area contributed by atoms with Gasteiger partial charge in [-0.15, -0.1) is 0 Å². The molecule has 0 saturated carbocycles. The van der Waals surface area contributed by atoms with Gasteiger partial charge >= 0.3 is 12.1 Å². The predicted molar refractivity (Wildman–Crippen MR) is 131 cm³/mol. The lowest BCUT2D eigenvalue weighted by atomic mass is 9.98. The van der Waals surface area contributed by atoms with E-state index in [-0.39, 0.29) is 31.4 Å². The first-order valence-corrected chi connectivity index (χ1v) is 11.8. The molecule has 0 atom stereocenters. The number of ether oxygens (including phenoxy) is 1. The van der Waals surface area contributed by atoms with Crippen molar-refractivity contribution in [3.8, 4) is 11.1 Å². The molecule has 2 aromatic rings. The van der Waals surface area contributed by atoms with Crippen LogP contribution in [0.2, 0.25) is 0 Å². The number of carbonyl (C=O) groups excluding carboxylic acids is 2. The number of alkyl carbamates (subject to hydrolysis) is 1. The predicted octanol–water partition coefficient (Wildman–Crippen LogP) is 4.80. The second kappa shape index (κ2) is 11.2. The molecular formula is C27H34N2O5. The third kappa shape index (κ3) is 6.37. The van der Waals surface area contributed by atoms with Crippen molar-refractivity contribution in [2.75, 3.05) is 19.7 Å². The van der Waals surface area contributed by atoms with Crippen LogP contribution in [-0.2, 0) is 14.3 Å². The van der Waals surface area contributed by atoms with E-state index < -0.39 is 17.6 Å². The monoisotopic (exact) mass is 466 g/mol. The SMILES string of the molecule is CC(C)(C)N(CC(=O)O)C(=O)CCCCCNC(=O)OCC1c2ccccc2-c2ccccc21. The van der Waals surface area contributed by atoms with Crippen molar-refractivity contribution >= 4 is 18.0 Å². The lowest BCUT2D eigenvalue weighted by Crippen LogP contribution is -2.48. The standard InChI is InChI=1S/C27H34N2O5/c1-27(2,3)29(17-25(31)32)24(30)15-5-4-10-16-28-26(33)34-18-23-21-13-8-6-11-19(21)20-12-7-9-14-22(20)23/h6-9,11-14,23H,4-5,10,15-18H2,1-3H3,(H,28,33)(H,31,32). The maximum atomic E-state index is 12.4. The van der Waals surface area contributed by atoms with Crippen LogP contribution in [0.5, 0.6) is 0 Å². The lowest BCUT2D eigenvalue weighted by molar-refractivity contribution is -0.148. The molecule has 0 spiro atoms. The first kappa shape index (κ1) is 25.3. The number of fused-ring (bicyclic) bond motifs is 3. The second-order valence-corrected chi connectivity index (χ2v) is 9.61. The summed E-state index contributed by atoms with van der Waals surface area (Å²) in [4.78, 5) is 37.1. The molecule has 0 unspecified atom stereocenters. The summed E-state index contributed by atoms with van der Waals surface area (Å²) >= 11 is 0. The highest BCUT2D eigenvalue weighted by atomic mass is 16.5. The number of rotatable bonds is 10. The maximum absolute atomic E-state index is 12.4. The molecule has 1 aliphatic rings. The molecule has 0 heterocycles. The quantitative estimate of drug-likeness (QED) is 0.491. The third-order valence-corrected chi connectivity index (χ3v) is 6.08. The molecular weight excluding hydrogens is 432 g/mol. The number of benzene rings is 2. The number of amides is 2. The molecule has 182 valence electrons. The van der Waals surface area contributed by atoms with E-state index in [1.807, 2.05) is 45.0 Å². The Morgan fingerprint density at radius 2 is 1.53 bits per heavy atom. The minimum Gasteiger partial charge on any atom is -0.480 e. The molecule has 0 fully saturated rings. The number of carboxylic acid groups (broad SMARTS) is 1. The van der Waals surface area contributed by atoms with Gasteiger partial charge in [0.25, 0.3) is 0 Å². The number of hydrogen-bond acceptors (Lipinski definition) is 4. The van der Waals surface area contributed by atoms with E-state index in [0.717, 1.165) is 6.42 Å². The average molecular weight is 467 g/mol. The number of aliphatic carboxylic acids is 1. The Balaban J connectivity index is 1.37. The van der Waals surface area contributed by atoms with Gasteiger partial charge in [0.1, 0.15) is 13.2 Å². The van der Waals surface area contributed by atoms with E-state index in [1.54, 1.807) is 0 Å². The summed E-state index contributed by atoms with van der Waals surface area (Å²) in [6.07, 6.45) is 1.94. The molecule has 3 rings (SSSR count). The minimum atomic E-state index is -1.02. The number of hydrogen-bond donors (Lipinski definition) is 2. The number of nitrogens with zero attached hydrogens (tertiary/aromatic N) is 1. The van der Waals surface area contributed by atoms with Crippen LogP contribution in [0.1, 0.15) is 63.5 Å². The topological polar surface area (TPSA) is 95.9 Å². The number of carbonyl (C=O) groups is 3. The molecule has 2 N–H and O–H groups in total. The summed E-state index contributed by atoms with van der Waals surface area (Å²) < 4.78 is 5.52. The molecule has 7 heteroatoms. The molecule has 0 bridgehead atoms. The normalized spacial score (nSPS) is 12.6. The van der Waals surface area contributed by atoms with Crippen LogP contribution in [0.15, 0.2) is 48.5 Å².